The molecule has 7 nitrogen and oxygen atoms in total. The summed E-state index contributed by atoms with van der Waals surface area (Å²) in [7, 11) is -3.47. The molecule has 2 aliphatic rings. The third-order valence-corrected chi connectivity index (χ3v) is 7.34. The normalized spacial score (nSPS) is 21.4. The number of urea groups is 1. The zero-order valence-electron chi connectivity index (χ0n) is 12.1. The van der Waals surface area contributed by atoms with Crippen LogP contribution in [0.2, 0.25) is 0 Å². The number of rotatable bonds is 3. The number of aryl methyl sites for hydroxylation is 1. The summed E-state index contributed by atoms with van der Waals surface area (Å²) >= 11 is 1.26. The SMILES string of the molecule is Cc1ccc(S(=O)(=O)N2CCC(N3C(=O)CNC3=O)CC2)s1. The van der Waals surface area contributed by atoms with Crippen molar-refractivity contribution >= 4 is 33.3 Å². The Bertz CT molecular complexity index is 689. The highest BCUT2D eigenvalue weighted by molar-refractivity contribution is 7.91. The molecule has 2 fully saturated rings. The highest BCUT2D eigenvalue weighted by atomic mass is 32.2. The third kappa shape index (κ3) is 2.64. The van der Waals surface area contributed by atoms with Gasteiger partial charge in [-0.05, 0) is 31.9 Å². The van der Waals surface area contributed by atoms with Crippen molar-refractivity contribution in [1.82, 2.24) is 14.5 Å². The van der Waals surface area contributed by atoms with Gasteiger partial charge in [0, 0.05) is 24.0 Å². The Morgan fingerprint density at radius 2 is 1.91 bits per heavy atom. The molecular weight excluding hydrogens is 326 g/mol. The maximum atomic E-state index is 12.5. The van der Waals surface area contributed by atoms with Crippen molar-refractivity contribution in [3.8, 4) is 0 Å². The average molecular weight is 343 g/mol. The summed E-state index contributed by atoms with van der Waals surface area (Å²) in [4.78, 5) is 25.5. The molecule has 22 heavy (non-hydrogen) atoms. The topological polar surface area (TPSA) is 86.8 Å². The van der Waals surface area contributed by atoms with Crippen LogP contribution in [0.15, 0.2) is 16.3 Å². The van der Waals surface area contributed by atoms with Gasteiger partial charge in [0.1, 0.15) is 4.21 Å². The fourth-order valence-electron chi connectivity index (χ4n) is 2.82. The second-order valence-electron chi connectivity index (χ2n) is 5.42. The molecule has 120 valence electrons. The van der Waals surface area contributed by atoms with Crippen LogP contribution in [0.3, 0.4) is 0 Å². The van der Waals surface area contributed by atoms with Crippen LogP contribution in [-0.4, -0.2) is 55.2 Å². The Morgan fingerprint density at radius 3 is 2.41 bits per heavy atom. The maximum absolute atomic E-state index is 12.5. The molecular formula is C13H17N3O4S2. The number of amides is 3. The highest BCUT2D eigenvalue weighted by Gasteiger charge is 2.39. The third-order valence-electron chi connectivity index (χ3n) is 3.98. The van der Waals surface area contributed by atoms with E-state index in [0.29, 0.717) is 30.1 Å². The summed E-state index contributed by atoms with van der Waals surface area (Å²) in [5, 5.41) is 2.49. The first-order chi connectivity index (χ1) is 10.4. The molecule has 3 heterocycles. The molecule has 0 spiro atoms. The zero-order chi connectivity index (χ0) is 15.9. The van der Waals surface area contributed by atoms with Crippen molar-refractivity contribution in [1.29, 1.82) is 0 Å². The van der Waals surface area contributed by atoms with E-state index >= 15 is 0 Å². The molecule has 0 aliphatic carbocycles. The van der Waals surface area contributed by atoms with Crippen molar-refractivity contribution in [3.05, 3.63) is 17.0 Å². The number of hydrogen-bond donors (Lipinski definition) is 1. The molecule has 1 aromatic heterocycles. The number of piperidine rings is 1. The van der Waals surface area contributed by atoms with Gasteiger partial charge in [-0.3, -0.25) is 9.69 Å². The molecule has 0 saturated carbocycles. The Labute approximate surface area is 132 Å². The van der Waals surface area contributed by atoms with Gasteiger partial charge < -0.3 is 5.32 Å². The van der Waals surface area contributed by atoms with E-state index in [1.165, 1.54) is 20.5 Å². The van der Waals surface area contributed by atoms with Crippen LogP contribution in [0.4, 0.5) is 4.79 Å². The Morgan fingerprint density at radius 1 is 1.23 bits per heavy atom. The first-order valence-corrected chi connectivity index (χ1v) is 9.32. The second-order valence-corrected chi connectivity index (χ2v) is 8.88. The number of thiophene rings is 1. The summed E-state index contributed by atoms with van der Waals surface area (Å²) in [5.74, 6) is -0.236. The average Bonchev–Trinajstić information content (AvgIpc) is 3.06. The summed E-state index contributed by atoms with van der Waals surface area (Å²) in [6.45, 7) is 2.54. The van der Waals surface area contributed by atoms with E-state index in [1.54, 1.807) is 12.1 Å². The molecule has 1 aromatic rings. The minimum atomic E-state index is -3.47. The monoisotopic (exact) mass is 343 g/mol. The second kappa shape index (κ2) is 5.64. The van der Waals surface area contributed by atoms with E-state index in [4.69, 9.17) is 0 Å². The Kier molecular flexibility index (Phi) is 3.96. The standard InChI is InChI=1S/C13H17N3O4S2/c1-9-2-3-12(21-9)22(19,20)15-6-4-10(5-7-15)16-11(17)8-14-13(16)18/h2-3,10H,4-8H2,1H3,(H,14,18). The van der Waals surface area contributed by atoms with Crippen LogP contribution in [0, 0.1) is 6.92 Å². The molecule has 1 N–H and O–H groups in total. The number of hydrogen-bond acceptors (Lipinski definition) is 5. The molecule has 9 heteroatoms. The smallest absolute Gasteiger partial charge is 0.324 e. The van der Waals surface area contributed by atoms with Gasteiger partial charge >= 0.3 is 6.03 Å². The molecule has 2 aliphatic heterocycles. The van der Waals surface area contributed by atoms with Gasteiger partial charge in [0.25, 0.3) is 10.0 Å². The van der Waals surface area contributed by atoms with Crippen molar-refractivity contribution in [2.45, 2.75) is 30.0 Å². The summed E-state index contributed by atoms with van der Waals surface area (Å²) in [5.41, 5.74) is 0. The van der Waals surface area contributed by atoms with E-state index in [0.717, 1.165) is 4.88 Å². The summed E-state index contributed by atoms with van der Waals surface area (Å²) < 4.78 is 26.9. The number of carbonyl (C=O) groups is 2. The van der Waals surface area contributed by atoms with Gasteiger partial charge in [-0.15, -0.1) is 11.3 Å². The number of carbonyl (C=O) groups excluding carboxylic acids is 2. The number of nitrogens with zero attached hydrogens (tertiary/aromatic N) is 2. The van der Waals surface area contributed by atoms with Gasteiger partial charge in [0.05, 0.1) is 6.54 Å². The first-order valence-electron chi connectivity index (χ1n) is 7.06. The minimum Gasteiger partial charge on any atom is -0.329 e. The minimum absolute atomic E-state index is 0.0336. The summed E-state index contributed by atoms with van der Waals surface area (Å²) in [6, 6.07) is 2.82. The largest absolute Gasteiger partial charge is 0.329 e. The number of nitrogens with one attached hydrogen (secondary N) is 1. The molecule has 0 unspecified atom stereocenters. The lowest BCUT2D eigenvalue weighted by Gasteiger charge is -2.34. The zero-order valence-corrected chi connectivity index (χ0v) is 13.7. The number of imide groups is 1. The molecule has 0 radical (unpaired) electrons. The van der Waals surface area contributed by atoms with Gasteiger partial charge in [0.15, 0.2) is 0 Å². The Balaban J connectivity index is 1.69. The van der Waals surface area contributed by atoms with Crippen LogP contribution in [0.1, 0.15) is 17.7 Å². The maximum Gasteiger partial charge on any atom is 0.324 e. The Hall–Kier alpha value is -1.45. The highest BCUT2D eigenvalue weighted by Crippen LogP contribution is 2.28. The fourth-order valence-corrected chi connectivity index (χ4v) is 5.73. The van der Waals surface area contributed by atoms with Crippen molar-refractivity contribution in [3.63, 3.8) is 0 Å². The van der Waals surface area contributed by atoms with Gasteiger partial charge in [0.2, 0.25) is 5.91 Å². The molecule has 0 aromatic carbocycles. The van der Waals surface area contributed by atoms with Gasteiger partial charge in [-0.1, -0.05) is 0 Å². The molecule has 0 bridgehead atoms. The van der Waals surface area contributed by atoms with Crippen molar-refractivity contribution in [2.24, 2.45) is 0 Å². The lowest BCUT2D eigenvalue weighted by Crippen LogP contribution is -2.48. The molecule has 0 atom stereocenters. The van der Waals surface area contributed by atoms with E-state index < -0.39 is 10.0 Å². The summed E-state index contributed by atoms with van der Waals surface area (Å²) in [6.07, 6.45) is 0.950. The van der Waals surface area contributed by atoms with E-state index in [9.17, 15) is 18.0 Å². The van der Waals surface area contributed by atoms with Crippen LogP contribution >= 0.6 is 11.3 Å². The predicted molar refractivity (Wildman–Crippen MR) is 81.1 cm³/mol. The van der Waals surface area contributed by atoms with Crippen LogP contribution in [-0.2, 0) is 14.8 Å². The van der Waals surface area contributed by atoms with E-state index in [1.807, 2.05) is 6.92 Å². The lowest BCUT2D eigenvalue weighted by molar-refractivity contribution is -0.127. The quantitative estimate of drug-likeness (QED) is 0.821. The first kappa shape index (κ1) is 15.4. The van der Waals surface area contributed by atoms with Crippen molar-refractivity contribution < 1.29 is 18.0 Å². The van der Waals surface area contributed by atoms with E-state index in [2.05, 4.69) is 5.32 Å². The molecule has 2 saturated heterocycles. The van der Waals surface area contributed by atoms with E-state index in [-0.39, 0.29) is 24.5 Å². The number of sulfonamides is 1. The predicted octanol–water partition coefficient (Wildman–Crippen LogP) is 0.761. The molecule has 3 amide bonds. The van der Waals surface area contributed by atoms with Crippen LogP contribution in [0.25, 0.3) is 0 Å². The van der Waals surface area contributed by atoms with Crippen LogP contribution in [0.5, 0.6) is 0 Å². The lowest BCUT2D eigenvalue weighted by atomic mass is 10.1. The van der Waals surface area contributed by atoms with Gasteiger partial charge in [-0.25, -0.2) is 13.2 Å². The van der Waals surface area contributed by atoms with Crippen molar-refractivity contribution in [2.75, 3.05) is 19.6 Å². The fraction of sp³-hybridized carbons (Fsp3) is 0.538. The van der Waals surface area contributed by atoms with Crippen LogP contribution < -0.4 is 5.32 Å². The van der Waals surface area contributed by atoms with Gasteiger partial charge in [-0.2, -0.15) is 4.31 Å². The molecule has 3 rings (SSSR count).